The number of nitrogens with zero attached hydrogens (tertiary/aromatic N) is 4. The van der Waals surface area contributed by atoms with Crippen LogP contribution in [0.5, 0.6) is 0 Å². The molecule has 0 N–H and O–H groups in total. The fourth-order valence-corrected chi connectivity index (χ4v) is 3.55. The van der Waals surface area contributed by atoms with Crippen molar-refractivity contribution in [2.45, 2.75) is 13.5 Å². The predicted octanol–water partition coefficient (Wildman–Crippen LogP) is 2.13. The standard InChI is InChI=1S/C16H18N4O2S/c1-11-10-17-19(2)14(11)15(21)18-16-20(8-9-22-3)12-6-4-5-7-13(12)23-16/h4-7,10H,8-9H2,1-3H3. The molecule has 2 aromatic heterocycles. The molecule has 0 radical (unpaired) electrons. The zero-order chi connectivity index (χ0) is 16.4. The summed E-state index contributed by atoms with van der Waals surface area (Å²) in [5, 5.41) is 4.11. The van der Waals surface area contributed by atoms with Crippen molar-refractivity contribution in [3.05, 3.63) is 46.5 Å². The van der Waals surface area contributed by atoms with Crippen LogP contribution in [0, 0.1) is 6.92 Å². The second-order valence-electron chi connectivity index (χ2n) is 5.21. The number of rotatable bonds is 4. The van der Waals surface area contributed by atoms with Crippen LogP contribution in [0.4, 0.5) is 0 Å². The summed E-state index contributed by atoms with van der Waals surface area (Å²) < 4.78 is 9.86. The Morgan fingerprint density at radius 1 is 1.39 bits per heavy atom. The molecule has 0 saturated carbocycles. The van der Waals surface area contributed by atoms with E-state index in [9.17, 15) is 4.79 Å². The van der Waals surface area contributed by atoms with E-state index < -0.39 is 0 Å². The lowest BCUT2D eigenvalue weighted by Gasteiger charge is -2.04. The van der Waals surface area contributed by atoms with Crippen molar-refractivity contribution in [1.29, 1.82) is 0 Å². The van der Waals surface area contributed by atoms with Crippen molar-refractivity contribution < 1.29 is 9.53 Å². The van der Waals surface area contributed by atoms with Gasteiger partial charge in [0.15, 0.2) is 4.80 Å². The van der Waals surface area contributed by atoms with Crippen molar-refractivity contribution in [2.75, 3.05) is 13.7 Å². The maximum atomic E-state index is 12.6. The lowest BCUT2D eigenvalue weighted by Crippen LogP contribution is -2.20. The Labute approximate surface area is 137 Å². The molecule has 0 saturated heterocycles. The Hall–Kier alpha value is -2.25. The van der Waals surface area contributed by atoms with Crippen LogP contribution in [0.1, 0.15) is 16.1 Å². The molecule has 0 aliphatic heterocycles. The number of hydrogen-bond donors (Lipinski definition) is 0. The van der Waals surface area contributed by atoms with Crippen LogP contribution in [-0.2, 0) is 18.3 Å². The summed E-state index contributed by atoms with van der Waals surface area (Å²) in [5.41, 5.74) is 2.40. The molecule has 0 unspecified atom stereocenters. The van der Waals surface area contributed by atoms with E-state index in [1.807, 2.05) is 35.8 Å². The number of aromatic nitrogens is 3. The monoisotopic (exact) mass is 330 g/mol. The number of thiazole rings is 1. The Morgan fingerprint density at radius 2 is 2.17 bits per heavy atom. The van der Waals surface area contributed by atoms with E-state index in [1.165, 1.54) is 11.3 Å². The number of fused-ring (bicyclic) bond motifs is 1. The van der Waals surface area contributed by atoms with Gasteiger partial charge in [0.1, 0.15) is 5.69 Å². The number of methoxy groups -OCH3 is 1. The van der Waals surface area contributed by atoms with Gasteiger partial charge in [0.25, 0.3) is 5.91 Å². The maximum Gasteiger partial charge on any atom is 0.298 e. The van der Waals surface area contributed by atoms with Gasteiger partial charge in [-0.3, -0.25) is 9.48 Å². The molecule has 23 heavy (non-hydrogen) atoms. The highest BCUT2D eigenvalue weighted by Gasteiger charge is 2.14. The van der Waals surface area contributed by atoms with Gasteiger partial charge in [-0.05, 0) is 19.1 Å². The number of aryl methyl sites for hydroxylation is 2. The molecule has 120 valence electrons. The largest absolute Gasteiger partial charge is 0.383 e. The van der Waals surface area contributed by atoms with E-state index >= 15 is 0 Å². The molecule has 0 spiro atoms. The smallest absolute Gasteiger partial charge is 0.298 e. The highest BCUT2D eigenvalue weighted by atomic mass is 32.1. The molecule has 0 fully saturated rings. The second kappa shape index (κ2) is 6.47. The molecule has 2 heterocycles. The fraction of sp³-hybridized carbons (Fsp3) is 0.312. The van der Waals surface area contributed by atoms with E-state index in [0.29, 0.717) is 23.6 Å². The van der Waals surface area contributed by atoms with Crippen molar-refractivity contribution in [2.24, 2.45) is 12.0 Å². The van der Waals surface area contributed by atoms with Crippen LogP contribution < -0.4 is 4.80 Å². The topological polar surface area (TPSA) is 61.4 Å². The normalized spacial score (nSPS) is 12.2. The fourth-order valence-electron chi connectivity index (χ4n) is 2.50. The lowest BCUT2D eigenvalue weighted by atomic mass is 10.3. The molecule has 0 bridgehead atoms. The highest BCUT2D eigenvalue weighted by Crippen LogP contribution is 2.17. The number of ether oxygens (including phenoxy) is 1. The van der Waals surface area contributed by atoms with Gasteiger partial charge in [0, 0.05) is 26.3 Å². The van der Waals surface area contributed by atoms with E-state index in [-0.39, 0.29) is 5.91 Å². The van der Waals surface area contributed by atoms with Crippen LogP contribution in [-0.4, -0.2) is 34.0 Å². The molecule has 0 aliphatic carbocycles. The summed E-state index contributed by atoms with van der Waals surface area (Å²) in [7, 11) is 3.41. The van der Waals surface area contributed by atoms with Crippen LogP contribution >= 0.6 is 11.3 Å². The number of amides is 1. The first kappa shape index (κ1) is 15.6. The molecule has 6 nitrogen and oxygen atoms in total. The number of para-hydroxylation sites is 1. The summed E-state index contributed by atoms with van der Waals surface area (Å²) in [6, 6.07) is 8.02. The van der Waals surface area contributed by atoms with Gasteiger partial charge in [0.05, 0.1) is 23.0 Å². The Kier molecular flexibility index (Phi) is 4.40. The minimum absolute atomic E-state index is 0.278. The summed E-state index contributed by atoms with van der Waals surface area (Å²) >= 11 is 1.50. The summed E-state index contributed by atoms with van der Waals surface area (Å²) in [6.07, 6.45) is 1.67. The van der Waals surface area contributed by atoms with Gasteiger partial charge >= 0.3 is 0 Å². The van der Waals surface area contributed by atoms with Crippen molar-refractivity contribution in [1.82, 2.24) is 14.3 Å². The first-order valence-corrected chi connectivity index (χ1v) is 8.08. The molecular formula is C16H18N4O2S. The zero-order valence-electron chi connectivity index (χ0n) is 13.3. The number of carbonyl (C=O) groups is 1. The van der Waals surface area contributed by atoms with Crippen molar-refractivity contribution in [3.8, 4) is 0 Å². The highest BCUT2D eigenvalue weighted by molar-refractivity contribution is 7.16. The van der Waals surface area contributed by atoms with Gasteiger partial charge in [-0.2, -0.15) is 10.1 Å². The molecule has 1 amide bonds. The Morgan fingerprint density at radius 3 is 2.87 bits per heavy atom. The van der Waals surface area contributed by atoms with Crippen LogP contribution in [0.25, 0.3) is 10.2 Å². The van der Waals surface area contributed by atoms with Gasteiger partial charge in [-0.25, -0.2) is 0 Å². The van der Waals surface area contributed by atoms with Crippen molar-refractivity contribution in [3.63, 3.8) is 0 Å². The Balaban J connectivity index is 2.13. The Bertz CT molecular complexity index is 900. The van der Waals surface area contributed by atoms with Gasteiger partial charge in [-0.1, -0.05) is 23.5 Å². The molecule has 3 rings (SSSR count). The van der Waals surface area contributed by atoms with Crippen LogP contribution in [0.15, 0.2) is 35.5 Å². The van der Waals surface area contributed by atoms with E-state index in [2.05, 4.69) is 10.1 Å². The minimum atomic E-state index is -0.278. The average Bonchev–Trinajstić information content (AvgIpc) is 3.05. The van der Waals surface area contributed by atoms with E-state index in [0.717, 1.165) is 15.8 Å². The van der Waals surface area contributed by atoms with Crippen molar-refractivity contribution >= 4 is 27.5 Å². The minimum Gasteiger partial charge on any atom is -0.383 e. The molecule has 7 heteroatoms. The second-order valence-corrected chi connectivity index (χ2v) is 6.22. The molecule has 3 aromatic rings. The maximum absolute atomic E-state index is 12.6. The quantitative estimate of drug-likeness (QED) is 0.736. The average molecular weight is 330 g/mol. The van der Waals surface area contributed by atoms with Gasteiger partial charge < -0.3 is 9.30 Å². The summed E-state index contributed by atoms with van der Waals surface area (Å²) in [4.78, 5) is 17.6. The zero-order valence-corrected chi connectivity index (χ0v) is 14.1. The number of carbonyl (C=O) groups excluding carboxylic acids is 1. The van der Waals surface area contributed by atoms with E-state index in [4.69, 9.17) is 4.74 Å². The first-order chi connectivity index (χ1) is 11.1. The molecule has 0 atom stereocenters. The SMILES string of the molecule is COCCn1c(=NC(=O)c2c(C)cnn2C)sc2ccccc21. The lowest BCUT2D eigenvalue weighted by molar-refractivity contribution is 0.0988. The first-order valence-electron chi connectivity index (χ1n) is 7.26. The summed E-state index contributed by atoms with van der Waals surface area (Å²) in [5.74, 6) is -0.278. The molecular weight excluding hydrogens is 312 g/mol. The van der Waals surface area contributed by atoms with Gasteiger partial charge in [0.2, 0.25) is 0 Å². The third-order valence-electron chi connectivity index (χ3n) is 3.63. The predicted molar refractivity (Wildman–Crippen MR) is 89.5 cm³/mol. The number of benzene rings is 1. The van der Waals surface area contributed by atoms with E-state index in [1.54, 1.807) is 25.0 Å². The van der Waals surface area contributed by atoms with Crippen LogP contribution in [0.2, 0.25) is 0 Å². The molecule has 0 aliphatic rings. The number of hydrogen-bond acceptors (Lipinski definition) is 4. The summed E-state index contributed by atoms with van der Waals surface area (Å²) in [6.45, 7) is 3.07. The third-order valence-corrected chi connectivity index (χ3v) is 4.69. The van der Waals surface area contributed by atoms with Crippen LogP contribution in [0.3, 0.4) is 0 Å². The molecule has 1 aromatic carbocycles. The third kappa shape index (κ3) is 2.97. The van der Waals surface area contributed by atoms with Gasteiger partial charge in [-0.15, -0.1) is 0 Å².